The lowest BCUT2D eigenvalue weighted by atomic mass is 10.0. The lowest BCUT2D eigenvalue weighted by Crippen LogP contribution is -2.45. The van der Waals surface area contributed by atoms with E-state index < -0.39 is 0 Å². The Morgan fingerprint density at radius 1 is 1.07 bits per heavy atom. The normalized spacial score (nSPS) is 31.2. The molecule has 0 unspecified atom stereocenters. The minimum atomic E-state index is 0.903. The maximum Gasteiger partial charge on any atom is 0.0122 e. The Hall–Kier alpha value is -0.0800. The molecular formula is C13H26N2. The average Bonchev–Trinajstić information content (AvgIpc) is 2.68. The summed E-state index contributed by atoms with van der Waals surface area (Å²) in [5, 5.41) is 0. The number of rotatable bonds is 3. The van der Waals surface area contributed by atoms with Crippen LogP contribution in [0, 0.1) is 0 Å². The number of likely N-dealkylation sites (tertiary alicyclic amines) is 2. The molecular weight excluding hydrogens is 184 g/mol. The maximum absolute atomic E-state index is 2.83. The summed E-state index contributed by atoms with van der Waals surface area (Å²) >= 11 is 0. The summed E-state index contributed by atoms with van der Waals surface area (Å²) in [4.78, 5) is 5.30. The van der Waals surface area contributed by atoms with E-state index in [9.17, 15) is 0 Å². The second kappa shape index (κ2) is 5.31. The largest absolute Gasteiger partial charge is 0.306 e. The maximum atomic E-state index is 2.83. The molecule has 2 aliphatic heterocycles. The van der Waals surface area contributed by atoms with Crippen LogP contribution in [0.5, 0.6) is 0 Å². The first kappa shape index (κ1) is 11.4. The molecule has 2 aliphatic rings. The van der Waals surface area contributed by atoms with Crippen LogP contribution in [0.2, 0.25) is 0 Å². The van der Waals surface area contributed by atoms with Gasteiger partial charge in [0.05, 0.1) is 0 Å². The van der Waals surface area contributed by atoms with Crippen LogP contribution in [0.1, 0.15) is 45.4 Å². The summed E-state index contributed by atoms with van der Waals surface area (Å²) in [6, 6.07) is 1.82. The zero-order valence-electron chi connectivity index (χ0n) is 10.4. The SMILES string of the molecule is CCC[C@H]1CCCN1C1CCN(C)CC1. The van der Waals surface area contributed by atoms with Crippen molar-refractivity contribution in [1.82, 2.24) is 9.80 Å². The fraction of sp³-hybridized carbons (Fsp3) is 1.00. The average molecular weight is 210 g/mol. The van der Waals surface area contributed by atoms with E-state index >= 15 is 0 Å². The third-order valence-corrected chi connectivity index (χ3v) is 4.20. The number of piperidine rings is 1. The van der Waals surface area contributed by atoms with Crippen molar-refractivity contribution in [3.63, 3.8) is 0 Å². The Bertz CT molecular complexity index is 185. The first-order valence-corrected chi connectivity index (χ1v) is 6.75. The first-order chi connectivity index (χ1) is 7.31. The van der Waals surface area contributed by atoms with Gasteiger partial charge >= 0.3 is 0 Å². The van der Waals surface area contributed by atoms with E-state index in [1.54, 1.807) is 0 Å². The number of nitrogens with zero attached hydrogens (tertiary/aromatic N) is 2. The lowest BCUT2D eigenvalue weighted by molar-refractivity contribution is 0.106. The van der Waals surface area contributed by atoms with Gasteiger partial charge in [0.2, 0.25) is 0 Å². The van der Waals surface area contributed by atoms with Crippen LogP contribution in [0.15, 0.2) is 0 Å². The van der Waals surface area contributed by atoms with Gasteiger partial charge in [-0.3, -0.25) is 4.90 Å². The van der Waals surface area contributed by atoms with Crippen LogP contribution in [-0.4, -0.2) is 48.6 Å². The van der Waals surface area contributed by atoms with Crippen LogP contribution >= 0.6 is 0 Å². The van der Waals surface area contributed by atoms with Crippen molar-refractivity contribution in [2.75, 3.05) is 26.7 Å². The van der Waals surface area contributed by atoms with Crippen LogP contribution in [0.3, 0.4) is 0 Å². The predicted octanol–water partition coefficient (Wildman–Crippen LogP) is 2.35. The summed E-state index contributed by atoms with van der Waals surface area (Å²) in [6.45, 7) is 6.31. The van der Waals surface area contributed by atoms with E-state index in [-0.39, 0.29) is 0 Å². The lowest BCUT2D eigenvalue weighted by Gasteiger charge is -2.38. The molecule has 0 spiro atoms. The van der Waals surface area contributed by atoms with Crippen LogP contribution in [0.4, 0.5) is 0 Å². The minimum Gasteiger partial charge on any atom is -0.306 e. The highest BCUT2D eigenvalue weighted by Crippen LogP contribution is 2.27. The molecule has 1 atom stereocenters. The quantitative estimate of drug-likeness (QED) is 0.705. The summed E-state index contributed by atoms with van der Waals surface area (Å²) in [6.07, 6.45) is 8.48. The van der Waals surface area contributed by atoms with Crippen LogP contribution in [0.25, 0.3) is 0 Å². The van der Waals surface area contributed by atoms with Gasteiger partial charge in [-0.25, -0.2) is 0 Å². The van der Waals surface area contributed by atoms with Crippen molar-refractivity contribution >= 4 is 0 Å². The van der Waals surface area contributed by atoms with E-state index in [1.807, 2.05) is 0 Å². The molecule has 0 aliphatic carbocycles. The zero-order chi connectivity index (χ0) is 10.7. The molecule has 0 amide bonds. The molecule has 0 saturated carbocycles. The van der Waals surface area contributed by atoms with E-state index in [0.29, 0.717) is 0 Å². The minimum absolute atomic E-state index is 0.903. The van der Waals surface area contributed by atoms with Gasteiger partial charge in [-0.1, -0.05) is 13.3 Å². The molecule has 2 fully saturated rings. The van der Waals surface area contributed by atoms with Crippen LogP contribution < -0.4 is 0 Å². The van der Waals surface area contributed by atoms with Crippen LogP contribution in [-0.2, 0) is 0 Å². The topological polar surface area (TPSA) is 6.48 Å². The van der Waals surface area contributed by atoms with E-state index in [1.165, 1.54) is 58.2 Å². The van der Waals surface area contributed by atoms with Crippen molar-refractivity contribution in [2.45, 2.75) is 57.5 Å². The van der Waals surface area contributed by atoms with Gasteiger partial charge in [-0.15, -0.1) is 0 Å². The third-order valence-electron chi connectivity index (χ3n) is 4.20. The van der Waals surface area contributed by atoms with Gasteiger partial charge in [-0.05, 0) is 58.8 Å². The highest BCUT2D eigenvalue weighted by molar-refractivity contribution is 4.87. The Labute approximate surface area is 94.6 Å². The third kappa shape index (κ3) is 2.73. The standard InChI is InChI=1S/C13H26N2/c1-3-5-12-6-4-9-15(12)13-7-10-14(2)11-8-13/h12-13H,3-11H2,1-2H3/t12-/m0/s1. The molecule has 2 saturated heterocycles. The molecule has 2 nitrogen and oxygen atoms in total. The molecule has 0 radical (unpaired) electrons. The molecule has 88 valence electrons. The highest BCUT2D eigenvalue weighted by Gasteiger charge is 2.31. The fourth-order valence-electron chi connectivity index (χ4n) is 3.31. The summed E-state index contributed by atoms with van der Waals surface area (Å²) in [5.41, 5.74) is 0. The second-order valence-corrected chi connectivity index (χ2v) is 5.36. The van der Waals surface area contributed by atoms with E-state index in [0.717, 1.165) is 12.1 Å². The smallest absolute Gasteiger partial charge is 0.0122 e. The van der Waals surface area contributed by atoms with E-state index in [2.05, 4.69) is 23.8 Å². The van der Waals surface area contributed by atoms with Gasteiger partial charge < -0.3 is 4.90 Å². The van der Waals surface area contributed by atoms with Gasteiger partial charge in [-0.2, -0.15) is 0 Å². The Balaban J connectivity index is 1.86. The molecule has 0 bridgehead atoms. The van der Waals surface area contributed by atoms with E-state index in [4.69, 9.17) is 0 Å². The van der Waals surface area contributed by atoms with Gasteiger partial charge in [0.15, 0.2) is 0 Å². The Kier molecular flexibility index (Phi) is 4.04. The van der Waals surface area contributed by atoms with Crippen molar-refractivity contribution in [3.05, 3.63) is 0 Å². The molecule has 15 heavy (non-hydrogen) atoms. The van der Waals surface area contributed by atoms with Gasteiger partial charge in [0.1, 0.15) is 0 Å². The molecule has 0 aromatic rings. The van der Waals surface area contributed by atoms with Crippen molar-refractivity contribution in [3.8, 4) is 0 Å². The number of hydrogen-bond donors (Lipinski definition) is 0. The molecule has 0 aromatic heterocycles. The highest BCUT2D eigenvalue weighted by atomic mass is 15.2. The molecule has 2 heterocycles. The number of hydrogen-bond acceptors (Lipinski definition) is 2. The molecule has 2 rings (SSSR count). The van der Waals surface area contributed by atoms with Crippen molar-refractivity contribution in [1.29, 1.82) is 0 Å². The fourth-order valence-corrected chi connectivity index (χ4v) is 3.31. The first-order valence-electron chi connectivity index (χ1n) is 6.75. The summed E-state index contributed by atoms with van der Waals surface area (Å²) in [7, 11) is 2.25. The van der Waals surface area contributed by atoms with Gasteiger partial charge in [0.25, 0.3) is 0 Å². The molecule has 0 N–H and O–H groups in total. The predicted molar refractivity (Wildman–Crippen MR) is 65.2 cm³/mol. The molecule has 0 aromatic carbocycles. The zero-order valence-corrected chi connectivity index (χ0v) is 10.4. The summed E-state index contributed by atoms with van der Waals surface area (Å²) < 4.78 is 0. The van der Waals surface area contributed by atoms with Crippen molar-refractivity contribution in [2.24, 2.45) is 0 Å². The monoisotopic (exact) mass is 210 g/mol. The van der Waals surface area contributed by atoms with Crippen molar-refractivity contribution < 1.29 is 0 Å². The summed E-state index contributed by atoms with van der Waals surface area (Å²) in [5.74, 6) is 0. The van der Waals surface area contributed by atoms with Gasteiger partial charge in [0, 0.05) is 12.1 Å². The Morgan fingerprint density at radius 2 is 1.80 bits per heavy atom. The molecule has 2 heteroatoms. The Morgan fingerprint density at radius 3 is 2.47 bits per heavy atom. The second-order valence-electron chi connectivity index (χ2n) is 5.36.